The van der Waals surface area contributed by atoms with Crippen LogP contribution >= 0.6 is 0 Å². The summed E-state index contributed by atoms with van der Waals surface area (Å²) in [5.41, 5.74) is 7.90. The molecule has 1 amide bonds. The zero-order chi connectivity index (χ0) is 19.2. The molecule has 0 aromatic heterocycles. The van der Waals surface area contributed by atoms with E-state index in [-0.39, 0.29) is 24.2 Å². The Kier molecular flexibility index (Phi) is 7.27. The average molecular weight is 374 g/mol. The van der Waals surface area contributed by atoms with Crippen LogP contribution < -0.4 is 11.1 Å². The molecular formula is C22H35N3O2. The minimum Gasteiger partial charge on any atom is -0.373 e. The number of morpholine rings is 1. The Bertz CT molecular complexity index is 588. The lowest BCUT2D eigenvalue weighted by atomic mass is 9.84. The van der Waals surface area contributed by atoms with E-state index in [0.29, 0.717) is 12.5 Å². The molecule has 5 heteroatoms. The fourth-order valence-electron chi connectivity index (χ4n) is 4.59. The van der Waals surface area contributed by atoms with Crippen molar-refractivity contribution in [3.8, 4) is 0 Å². The van der Waals surface area contributed by atoms with Crippen LogP contribution in [-0.4, -0.2) is 48.7 Å². The smallest absolute Gasteiger partial charge is 0.251 e. The Hall–Kier alpha value is -1.43. The van der Waals surface area contributed by atoms with Gasteiger partial charge in [0.05, 0.1) is 12.2 Å². The second kappa shape index (κ2) is 9.67. The summed E-state index contributed by atoms with van der Waals surface area (Å²) >= 11 is 0. The maximum absolute atomic E-state index is 12.7. The molecule has 150 valence electrons. The minimum absolute atomic E-state index is 0.00353. The number of hydrogen-bond acceptors (Lipinski definition) is 4. The van der Waals surface area contributed by atoms with Crippen LogP contribution in [0.15, 0.2) is 24.3 Å². The SMILES string of the molecule is CC1CN(Cc2ccc(C(=O)NC(CN)C3CCCCC3)cc2)CC(C)O1. The van der Waals surface area contributed by atoms with Crippen LogP contribution in [0.3, 0.4) is 0 Å². The van der Waals surface area contributed by atoms with E-state index in [1.807, 2.05) is 12.1 Å². The van der Waals surface area contributed by atoms with Gasteiger partial charge in [-0.25, -0.2) is 0 Å². The van der Waals surface area contributed by atoms with E-state index in [1.165, 1.54) is 37.7 Å². The number of rotatable bonds is 6. The Morgan fingerprint density at radius 2 is 1.78 bits per heavy atom. The van der Waals surface area contributed by atoms with Gasteiger partial charge in [-0.2, -0.15) is 0 Å². The van der Waals surface area contributed by atoms with Crippen molar-refractivity contribution in [3.05, 3.63) is 35.4 Å². The second-order valence-corrected chi connectivity index (χ2v) is 8.36. The van der Waals surface area contributed by atoms with Crippen molar-refractivity contribution >= 4 is 5.91 Å². The minimum atomic E-state index is -0.00353. The molecule has 1 saturated carbocycles. The quantitative estimate of drug-likeness (QED) is 0.804. The standard InChI is InChI=1S/C22H35N3O2/c1-16-13-25(14-17(2)27-16)15-18-8-10-20(11-9-18)22(26)24-21(12-23)19-6-4-3-5-7-19/h8-11,16-17,19,21H,3-7,12-15,23H2,1-2H3,(H,24,26). The fourth-order valence-corrected chi connectivity index (χ4v) is 4.59. The lowest BCUT2D eigenvalue weighted by Gasteiger charge is -2.35. The average Bonchev–Trinajstić information content (AvgIpc) is 2.66. The Labute approximate surface area is 163 Å². The van der Waals surface area contributed by atoms with Crippen LogP contribution in [-0.2, 0) is 11.3 Å². The van der Waals surface area contributed by atoms with E-state index in [9.17, 15) is 4.79 Å². The second-order valence-electron chi connectivity index (χ2n) is 8.36. The first-order valence-corrected chi connectivity index (χ1v) is 10.5. The number of ether oxygens (including phenoxy) is 1. The first-order valence-electron chi connectivity index (χ1n) is 10.5. The summed E-state index contributed by atoms with van der Waals surface area (Å²) in [7, 11) is 0. The predicted molar refractivity (Wildman–Crippen MR) is 109 cm³/mol. The zero-order valence-electron chi connectivity index (χ0n) is 16.8. The van der Waals surface area contributed by atoms with Gasteiger partial charge in [-0.15, -0.1) is 0 Å². The first-order chi connectivity index (χ1) is 13.0. The zero-order valence-corrected chi connectivity index (χ0v) is 16.8. The van der Waals surface area contributed by atoms with E-state index < -0.39 is 0 Å². The number of carbonyl (C=O) groups is 1. The number of nitrogens with zero attached hydrogens (tertiary/aromatic N) is 1. The van der Waals surface area contributed by atoms with Gasteiger partial charge < -0.3 is 15.8 Å². The van der Waals surface area contributed by atoms with E-state index >= 15 is 0 Å². The molecule has 2 aliphatic rings. The monoisotopic (exact) mass is 373 g/mol. The third-order valence-electron chi connectivity index (χ3n) is 5.91. The highest BCUT2D eigenvalue weighted by molar-refractivity contribution is 5.94. The third-order valence-corrected chi connectivity index (χ3v) is 5.91. The van der Waals surface area contributed by atoms with Gasteiger partial charge in [-0.3, -0.25) is 9.69 Å². The van der Waals surface area contributed by atoms with Crippen molar-refractivity contribution < 1.29 is 9.53 Å². The van der Waals surface area contributed by atoms with Crippen molar-refractivity contribution in [2.75, 3.05) is 19.6 Å². The maximum Gasteiger partial charge on any atom is 0.251 e. The molecule has 0 spiro atoms. The molecule has 1 heterocycles. The van der Waals surface area contributed by atoms with E-state index in [1.54, 1.807) is 0 Å². The molecule has 1 aromatic carbocycles. The molecule has 3 rings (SSSR count). The number of nitrogens with one attached hydrogen (secondary N) is 1. The van der Waals surface area contributed by atoms with Gasteiger partial charge in [0.2, 0.25) is 0 Å². The normalized spacial score (nSPS) is 25.9. The Morgan fingerprint density at radius 1 is 1.15 bits per heavy atom. The molecule has 2 fully saturated rings. The van der Waals surface area contributed by atoms with Crippen molar-refractivity contribution in [1.29, 1.82) is 0 Å². The topological polar surface area (TPSA) is 67.6 Å². The summed E-state index contributed by atoms with van der Waals surface area (Å²) < 4.78 is 5.80. The molecule has 0 bridgehead atoms. The predicted octanol–water partition coefficient (Wildman–Crippen LogP) is 2.93. The van der Waals surface area contributed by atoms with Crippen LogP contribution in [0.5, 0.6) is 0 Å². The molecule has 0 radical (unpaired) electrons. The molecule has 1 saturated heterocycles. The number of carbonyl (C=O) groups excluding carboxylic acids is 1. The summed E-state index contributed by atoms with van der Waals surface area (Å²) in [4.78, 5) is 15.1. The summed E-state index contributed by atoms with van der Waals surface area (Å²) in [6.45, 7) is 7.56. The van der Waals surface area contributed by atoms with Crippen molar-refractivity contribution in [1.82, 2.24) is 10.2 Å². The van der Waals surface area contributed by atoms with Gasteiger partial charge >= 0.3 is 0 Å². The molecule has 1 aromatic rings. The molecule has 3 atom stereocenters. The molecule has 5 nitrogen and oxygen atoms in total. The highest BCUT2D eigenvalue weighted by atomic mass is 16.5. The first kappa shape index (κ1) is 20.3. The van der Waals surface area contributed by atoms with E-state index in [0.717, 1.165) is 25.2 Å². The van der Waals surface area contributed by atoms with Gasteiger partial charge in [-0.05, 0) is 50.3 Å². The highest BCUT2D eigenvalue weighted by Crippen LogP contribution is 2.26. The summed E-state index contributed by atoms with van der Waals surface area (Å²) in [6, 6.07) is 8.10. The fraction of sp³-hybridized carbons (Fsp3) is 0.682. The van der Waals surface area contributed by atoms with Crippen LogP contribution in [0.2, 0.25) is 0 Å². The number of benzene rings is 1. The molecule has 3 N–H and O–H groups in total. The van der Waals surface area contributed by atoms with Crippen molar-refractivity contribution in [2.45, 2.75) is 70.7 Å². The summed E-state index contributed by atoms with van der Waals surface area (Å²) in [5.74, 6) is 0.522. The number of hydrogen-bond donors (Lipinski definition) is 2. The molecule has 1 aliphatic carbocycles. The van der Waals surface area contributed by atoms with E-state index in [2.05, 4.69) is 36.2 Å². The van der Waals surface area contributed by atoms with Gasteiger partial charge in [0.1, 0.15) is 0 Å². The Morgan fingerprint density at radius 3 is 2.37 bits per heavy atom. The van der Waals surface area contributed by atoms with Crippen molar-refractivity contribution in [2.24, 2.45) is 11.7 Å². The Balaban J connectivity index is 1.55. The lowest BCUT2D eigenvalue weighted by Crippen LogP contribution is -2.46. The molecule has 27 heavy (non-hydrogen) atoms. The number of nitrogens with two attached hydrogens (primary N) is 1. The lowest BCUT2D eigenvalue weighted by molar-refractivity contribution is -0.0704. The van der Waals surface area contributed by atoms with E-state index in [4.69, 9.17) is 10.5 Å². The maximum atomic E-state index is 12.7. The van der Waals surface area contributed by atoms with Crippen molar-refractivity contribution in [3.63, 3.8) is 0 Å². The van der Waals surface area contributed by atoms with Gasteiger partial charge in [0, 0.05) is 37.8 Å². The summed E-state index contributed by atoms with van der Waals surface area (Å²) in [5, 5.41) is 3.17. The largest absolute Gasteiger partial charge is 0.373 e. The molecule has 3 unspecified atom stereocenters. The molecule has 1 aliphatic heterocycles. The van der Waals surface area contributed by atoms with Gasteiger partial charge in [0.25, 0.3) is 5.91 Å². The highest BCUT2D eigenvalue weighted by Gasteiger charge is 2.25. The van der Waals surface area contributed by atoms with Crippen LogP contribution in [0.1, 0.15) is 61.9 Å². The van der Waals surface area contributed by atoms with Crippen LogP contribution in [0.25, 0.3) is 0 Å². The van der Waals surface area contributed by atoms with Crippen LogP contribution in [0.4, 0.5) is 0 Å². The van der Waals surface area contributed by atoms with Gasteiger partial charge in [0.15, 0.2) is 0 Å². The van der Waals surface area contributed by atoms with Gasteiger partial charge in [-0.1, -0.05) is 31.4 Å². The third kappa shape index (κ3) is 5.77. The summed E-state index contributed by atoms with van der Waals surface area (Å²) in [6.07, 6.45) is 6.71. The number of amides is 1. The van der Waals surface area contributed by atoms with Crippen LogP contribution in [0, 0.1) is 5.92 Å². The molecular weight excluding hydrogens is 338 g/mol.